The first kappa shape index (κ1) is 16.6. The fraction of sp³-hybridized carbons (Fsp3) is 0.214. The third-order valence-corrected chi connectivity index (χ3v) is 5.96. The summed E-state index contributed by atoms with van der Waals surface area (Å²) in [5.41, 5.74) is 1.20. The summed E-state index contributed by atoms with van der Waals surface area (Å²) >= 11 is 1.18. The Bertz CT molecular complexity index is 1020. The van der Waals surface area contributed by atoms with Gasteiger partial charge in [0.1, 0.15) is 0 Å². The smallest absolute Gasteiger partial charge is 0.296 e. The quantitative estimate of drug-likeness (QED) is 0.758. The van der Waals surface area contributed by atoms with E-state index in [2.05, 4.69) is 15.5 Å². The number of nitrogens with zero attached hydrogens (tertiary/aromatic N) is 3. The molecule has 0 aliphatic heterocycles. The molecule has 2 heterocycles. The van der Waals surface area contributed by atoms with Crippen molar-refractivity contribution < 1.29 is 17.7 Å². The number of hydrogen-bond donors (Lipinski definition) is 1. The Morgan fingerprint density at radius 2 is 2.04 bits per heavy atom. The number of aromatic nitrogens is 2. The van der Waals surface area contributed by atoms with Gasteiger partial charge in [-0.05, 0) is 25.1 Å². The van der Waals surface area contributed by atoms with E-state index >= 15 is 0 Å². The number of aryl methyl sites for hydroxylation is 1. The average Bonchev–Trinajstić information content (AvgIpc) is 3.11. The first-order valence-corrected chi connectivity index (χ1v) is 9.11. The standard InChI is InChI=1S/C14H14N4O4S2/c1-8-6-11(22-17-8)13(19)16-14-15-10-5-4-9(7-12(10)23-14)24(20,21)18(2)3/h4-7H,1-3H3,(H,15,16,19). The largest absolute Gasteiger partial charge is 0.351 e. The fourth-order valence-electron chi connectivity index (χ4n) is 1.96. The molecule has 0 aliphatic carbocycles. The van der Waals surface area contributed by atoms with E-state index in [9.17, 15) is 13.2 Å². The van der Waals surface area contributed by atoms with Crippen molar-refractivity contribution >= 4 is 42.6 Å². The molecule has 1 aromatic carbocycles. The molecular weight excluding hydrogens is 352 g/mol. The molecule has 0 aliphatic rings. The van der Waals surface area contributed by atoms with E-state index in [0.29, 0.717) is 21.0 Å². The van der Waals surface area contributed by atoms with Gasteiger partial charge in [-0.2, -0.15) is 0 Å². The van der Waals surface area contributed by atoms with E-state index in [1.807, 2.05) is 0 Å². The lowest BCUT2D eigenvalue weighted by molar-refractivity contribution is 0.0988. The van der Waals surface area contributed by atoms with Crippen LogP contribution in [0.25, 0.3) is 10.2 Å². The number of nitrogens with one attached hydrogen (secondary N) is 1. The second kappa shape index (κ2) is 5.96. The number of carbonyl (C=O) groups excluding carboxylic acids is 1. The third-order valence-electron chi connectivity index (χ3n) is 3.21. The van der Waals surface area contributed by atoms with Gasteiger partial charge in [-0.3, -0.25) is 10.1 Å². The summed E-state index contributed by atoms with van der Waals surface area (Å²) in [6, 6.07) is 6.15. The molecule has 10 heteroatoms. The van der Waals surface area contributed by atoms with E-state index < -0.39 is 15.9 Å². The lowest BCUT2D eigenvalue weighted by atomic mass is 10.3. The van der Waals surface area contributed by atoms with Gasteiger partial charge >= 0.3 is 0 Å². The van der Waals surface area contributed by atoms with Gasteiger partial charge in [-0.25, -0.2) is 17.7 Å². The monoisotopic (exact) mass is 366 g/mol. The van der Waals surface area contributed by atoms with E-state index in [1.165, 1.54) is 43.6 Å². The topological polar surface area (TPSA) is 105 Å². The molecule has 0 saturated heterocycles. The summed E-state index contributed by atoms with van der Waals surface area (Å²) in [4.78, 5) is 16.5. The molecule has 0 spiro atoms. The highest BCUT2D eigenvalue weighted by atomic mass is 32.2. The highest BCUT2D eigenvalue weighted by molar-refractivity contribution is 7.89. The molecule has 0 saturated carbocycles. The lowest BCUT2D eigenvalue weighted by Gasteiger charge is -2.10. The normalized spacial score (nSPS) is 12.0. The number of carbonyl (C=O) groups is 1. The van der Waals surface area contributed by atoms with Gasteiger partial charge in [0.05, 0.1) is 20.8 Å². The predicted molar refractivity (Wildman–Crippen MR) is 89.7 cm³/mol. The molecule has 0 unspecified atom stereocenters. The summed E-state index contributed by atoms with van der Waals surface area (Å²) in [7, 11) is -0.582. The Hall–Kier alpha value is -2.30. The maximum atomic E-state index is 12.2. The molecule has 0 radical (unpaired) electrons. The predicted octanol–water partition coefficient (Wildman–Crippen LogP) is 2.10. The van der Waals surface area contributed by atoms with Crippen LogP contribution in [0.15, 0.2) is 33.7 Å². The number of sulfonamides is 1. The van der Waals surface area contributed by atoms with E-state index in [1.54, 1.807) is 13.0 Å². The molecule has 126 valence electrons. The van der Waals surface area contributed by atoms with Crippen molar-refractivity contribution in [3.05, 3.63) is 35.7 Å². The average molecular weight is 366 g/mol. The Labute approximate surface area is 142 Å². The number of fused-ring (bicyclic) bond motifs is 1. The van der Waals surface area contributed by atoms with Crippen LogP contribution in [0, 0.1) is 6.92 Å². The number of amides is 1. The van der Waals surface area contributed by atoms with Crippen LogP contribution in [0.5, 0.6) is 0 Å². The number of rotatable bonds is 4. The minimum atomic E-state index is -3.52. The van der Waals surface area contributed by atoms with E-state index in [4.69, 9.17) is 4.52 Å². The van der Waals surface area contributed by atoms with Crippen molar-refractivity contribution in [1.29, 1.82) is 0 Å². The minimum absolute atomic E-state index is 0.0858. The molecule has 0 bridgehead atoms. The molecule has 8 nitrogen and oxygen atoms in total. The van der Waals surface area contributed by atoms with Gasteiger partial charge in [-0.1, -0.05) is 16.5 Å². The van der Waals surface area contributed by atoms with Crippen LogP contribution in [0.3, 0.4) is 0 Å². The zero-order chi connectivity index (χ0) is 17.5. The van der Waals surface area contributed by atoms with Crippen LogP contribution in [0.2, 0.25) is 0 Å². The molecule has 1 N–H and O–H groups in total. The van der Waals surface area contributed by atoms with Gasteiger partial charge in [0.2, 0.25) is 15.8 Å². The molecular formula is C14H14N4O4S2. The molecule has 2 aromatic heterocycles. The van der Waals surface area contributed by atoms with Crippen LogP contribution >= 0.6 is 11.3 Å². The van der Waals surface area contributed by atoms with Crippen molar-refractivity contribution in [2.45, 2.75) is 11.8 Å². The van der Waals surface area contributed by atoms with Crippen LogP contribution in [0.1, 0.15) is 16.2 Å². The number of hydrogen-bond acceptors (Lipinski definition) is 7. The Kier molecular flexibility index (Phi) is 4.11. The van der Waals surface area contributed by atoms with Crippen LogP contribution < -0.4 is 5.32 Å². The Morgan fingerprint density at radius 3 is 2.67 bits per heavy atom. The van der Waals surface area contributed by atoms with Crippen molar-refractivity contribution in [3.63, 3.8) is 0 Å². The molecule has 24 heavy (non-hydrogen) atoms. The first-order valence-electron chi connectivity index (χ1n) is 6.85. The van der Waals surface area contributed by atoms with Crippen molar-refractivity contribution in [1.82, 2.24) is 14.4 Å². The summed E-state index contributed by atoms with van der Waals surface area (Å²) in [5.74, 6) is -0.376. The second-order valence-corrected chi connectivity index (χ2v) is 8.41. The van der Waals surface area contributed by atoms with Crippen molar-refractivity contribution in [3.8, 4) is 0 Å². The van der Waals surface area contributed by atoms with E-state index in [0.717, 1.165) is 4.31 Å². The molecule has 3 aromatic rings. The maximum Gasteiger partial charge on any atom is 0.296 e. The first-order chi connectivity index (χ1) is 11.3. The SMILES string of the molecule is Cc1cc(C(=O)Nc2nc3ccc(S(=O)(=O)N(C)C)cc3s2)on1. The summed E-state index contributed by atoms with van der Waals surface area (Å²) < 4.78 is 31.0. The Morgan fingerprint density at radius 1 is 1.29 bits per heavy atom. The Balaban J connectivity index is 1.90. The third kappa shape index (κ3) is 3.03. The summed E-state index contributed by atoms with van der Waals surface area (Å²) in [5, 5.41) is 6.62. The van der Waals surface area contributed by atoms with Gasteiger partial charge in [0, 0.05) is 20.2 Å². The minimum Gasteiger partial charge on any atom is -0.351 e. The van der Waals surface area contributed by atoms with Crippen LogP contribution in [-0.4, -0.2) is 42.9 Å². The highest BCUT2D eigenvalue weighted by Gasteiger charge is 2.19. The van der Waals surface area contributed by atoms with Gasteiger partial charge < -0.3 is 4.52 Å². The molecule has 0 atom stereocenters. The zero-order valence-corrected chi connectivity index (χ0v) is 14.7. The van der Waals surface area contributed by atoms with Crippen molar-refractivity contribution in [2.75, 3.05) is 19.4 Å². The number of benzene rings is 1. The van der Waals surface area contributed by atoms with Crippen LogP contribution in [0.4, 0.5) is 5.13 Å². The highest BCUT2D eigenvalue weighted by Crippen LogP contribution is 2.29. The molecule has 0 fully saturated rings. The molecule has 3 rings (SSSR count). The van der Waals surface area contributed by atoms with E-state index in [-0.39, 0.29) is 10.7 Å². The number of anilines is 1. The summed E-state index contributed by atoms with van der Waals surface area (Å²) in [6.07, 6.45) is 0. The van der Waals surface area contributed by atoms with Gasteiger partial charge in [-0.15, -0.1) is 0 Å². The van der Waals surface area contributed by atoms with Crippen molar-refractivity contribution in [2.24, 2.45) is 0 Å². The zero-order valence-electron chi connectivity index (χ0n) is 13.1. The fourth-order valence-corrected chi connectivity index (χ4v) is 3.86. The van der Waals surface area contributed by atoms with Gasteiger partial charge in [0.15, 0.2) is 5.13 Å². The number of thiazole rings is 1. The maximum absolute atomic E-state index is 12.2. The summed E-state index contributed by atoms with van der Waals surface area (Å²) in [6.45, 7) is 1.71. The second-order valence-electron chi connectivity index (χ2n) is 5.22. The molecule has 1 amide bonds. The van der Waals surface area contributed by atoms with Gasteiger partial charge in [0.25, 0.3) is 5.91 Å². The van der Waals surface area contributed by atoms with Crippen LogP contribution in [-0.2, 0) is 10.0 Å². The lowest BCUT2D eigenvalue weighted by Crippen LogP contribution is -2.22.